The van der Waals surface area contributed by atoms with Crippen LogP contribution in [0.25, 0.3) is 0 Å². The summed E-state index contributed by atoms with van der Waals surface area (Å²) in [4.78, 5) is 22.5. The molecule has 0 aromatic carbocycles. The zero-order chi connectivity index (χ0) is 21.1. The maximum Gasteiger partial charge on any atom is 0.310 e. The molecular weight excluding hydrogens is 368 g/mol. The average Bonchev–Trinajstić information content (AvgIpc) is 2.63. The molecule has 0 rings (SSSR count). The predicted octanol–water partition coefficient (Wildman–Crippen LogP) is 7.80. The van der Waals surface area contributed by atoms with Crippen LogP contribution in [0.2, 0.25) is 0 Å². The van der Waals surface area contributed by atoms with Gasteiger partial charge >= 0.3 is 5.97 Å². The van der Waals surface area contributed by atoms with Crippen molar-refractivity contribution in [2.75, 3.05) is 5.75 Å². The molecule has 28 heavy (non-hydrogen) atoms. The molecule has 0 fully saturated rings. The van der Waals surface area contributed by atoms with Gasteiger partial charge in [0.15, 0.2) is 5.78 Å². The largest absolute Gasteiger partial charge is 0.481 e. The number of ketones is 1. The molecule has 0 aliphatic carbocycles. The molecule has 3 nitrogen and oxygen atoms in total. The van der Waals surface area contributed by atoms with Crippen LogP contribution in [0.4, 0.5) is 0 Å². The van der Waals surface area contributed by atoms with Crippen LogP contribution >= 0.6 is 11.8 Å². The smallest absolute Gasteiger partial charge is 0.310 e. The number of Topliss-reactive ketones (excluding diaryl/α,β-unsaturated/α-hetero) is 1. The van der Waals surface area contributed by atoms with Crippen molar-refractivity contribution < 1.29 is 14.7 Å². The quantitative estimate of drug-likeness (QED) is 0.154. The zero-order valence-corrected chi connectivity index (χ0v) is 19.7. The lowest BCUT2D eigenvalue weighted by molar-refractivity contribution is -0.140. The van der Waals surface area contributed by atoms with Gasteiger partial charge in [-0.1, -0.05) is 103 Å². The van der Waals surface area contributed by atoms with E-state index in [9.17, 15) is 9.59 Å². The van der Waals surface area contributed by atoms with Crippen molar-refractivity contribution in [2.24, 2.45) is 0 Å². The van der Waals surface area contributed by atoms with Gasteiger partial charge in [0.05, 0.1) is 4.75 Å². The Kier molecular flexibility index (Phi) is 18.2. The number of carbonyl (C=O) groups excluding carboxylic acids is 1. The van der Waals surface area contributed by atoms with E-state index in [0.717, 1.165) is 12.2 Å². The number of aliphatic carboxylic acids is 1. The lowest BCUT2D eigenvalue weighted by atomic mass is 10.0. The highest BCUT2D eigenvalue weighted by atomic mass is 32.2. The summed E-state index contributed by atoms with van der Waals surface area (Å²) in [6.45, 7) is 5.96. The minimum atomic E-state index is -1.03. The fraction of sp³-hybridized carbons (Fsp3) is 0.917. The van der Waals surface area contributed by atoms with Crippen molar-refractivity contribution >= 4 is 23.5 Å². The Morgan fingerprint density at radius 2 is 1.04 bits per heavy atom. The predicted molar refractivity (Wildman–Crippen MR) is 123 cm³/mol. The average molecular weight is 415 g/mol. The van der Waals surface area contributed by atoms with Gasteiger partial charge in [0.25, 0.3) is 0 Å². The molecular formula is C24H46O3S. The summed E-state index contributed by atoms with van der Waals surface area (Å²) >= 11 is 1.60. The summed E-state index contributed by atoms with van der Waals surface area (Å²) in [6.07, 6.45) is 21.4. The maximum atomic E-state index is 11.9. The molecule has 0 aromatic rings. The van der Waals surface area contributed by atoms with Gasteiger partial charge < -0.3 is 5.11 Å². The second-order valence-electron chi connectivity index (χ2n) is 8.66. The fourth-order valence-electron chi connectivity index (χ4n) is 3.41. The van der Waals surface area contributed by atoms with Gasteiger partial charge in [0.1, 0.15) is 6.42 Å². The van der Waals surface area contributed by atoms with E-state index in [4.69, 9.17) is 5.11 Å². The molecule has 0 aliphatic heterocycles. The van der Waals surface area contributed by atoms with E-state index in [1.165, 1.54) is 96.3 Å². The summed E-state index contributed by atoms with van der Waals surface area (Å²) in [6, 6.07) is 0. The monoisotopic (exact) mass is 414 g/mol. The van der Waals surface area contributed by atoms with E-state index >= 15 is 0 Å². The third-order valence-electron chi connectivity index (χ3n) is 5.44. The minimum absolute atomic E-state index is 0.179. The number of unbranched alkanes of at least 4 members (excludes halogenated alkanes) is 15. The minimum Gasteiger partial charge on any atom is -0.481 e. The number of carboxylic acids is 1. The first-order valence-corrected chi connectivity index (χ1v) is 12.8. The second kappa shape index (κ2) is 18.5. The van der Waals surface area contributed by atoms with E-state index < -0.39 is 10.7 Å². The first kappa shape index (κ1) is 27.5. The Hall–Kier alpha value is -0.510. The SMILES string of the molecule is CCCCCCCCCCCCCCCCCCSC(C)(C)C(=O)CC(=O)O. The Balaban J connectivity index is 3.31. The van der Waals surface area contributed by atoms with Crippen LogP contribution < -0.4 is 0 Å². The second-order valence-corrected chi connectivity index (χ2v) is 10.4. The van der Waals surface area contributed by atoms with Crippen LogP contribution in [-0.4, -0.2) is 27.4 Å². The van der Waals surface area contributed by atoms with E-state index in [-0.39, 0.29) is 12.2 Å². The molecule has 0 heterocycles. The van der Waals surface area contributed by atoms with Crippen molar-refractivity contribution in [3.63, 3.8) is 0 Å². The Morgan fingerprint density at radius 1 is 0.679 bits per heavy atom. The van der Waals surface area contributed by atoms with Gasteiger partial charge in [-0.05, 0) is 26.0 Å². The summed E-state index contributed by atoms with van der Waals surface area (Å²) in [7, 11) is 0. The number of thioether (sulfide) groups is 1. The molecule has 0 spiro atoms. The van der Waals surface area contributed by atoms with Crippen LogP contribution in [0, 0.1) is 0 Å². The van der Waals surface area contributed by atoms with E-state index in [1.54, 1.807) is 11.8 Å². The van der Waals surface area contributed by atoms with Gasteiger partial charge in [0.2, 0.25) is 0 Å². The molecule has 0 amide bonds. The number of carbonyl (C=O) groups is 2. The van der Waals surface area contributed by atoms with Crippen LogP contribution in [0.3, 0.4) is 0 Å². The van der Waals surface area contributed by atoms with E-state index in [2.05, 4.69) is 6.92 Å². The summed E-state index contributed by atoms with van der Waals surface area (Å²) in [5.41, 5.74) is 0. The zero-order valence-electron chi connectivity index (χ0n) is 18.9. The van der Waals surface area contributed by atoms with E-state index in [1.807, 2.05) is 13.8 Å². The molecule has 0 unspecified atom stereocenters. The van der Waals surface area contributed by atoms with Gasteiger partial charge in [-0.2, -0.15) is 0 Å². The summed E-state index contributed by atoms with van der Waals surface area (Å²) in [5.74, 6) is -0.265. The molecule has 1 N–H and O–H groups in total. The standard InChI is InChI=1S/C24H46O3S/c1-4-5-6-7-8-9-10-11-12-13-14-15-16-17-18-19-20-28-24(2,3)22(25)21-23(26)27/h4-21H2,1-3H3,(H,26,27). The number of rotatable bonds is 21. The van der Waals surface area contributed by atoms with Crippen LogP contribution in [0.1, 0.15) is 130 Å². The molecule has 0 saturated heterocycles. The van der Waals surface area contributed by atoms with Gasteiger partial charge in [-0.25, -0.2) is 0 Å². The van der Waals surface area contributed by atoms with Crippen molar-refractivity contribution in [1.29, 1.82) is 0 Å². The normalized spacial score (nSPS) is 11.7. The highest BCUT2D eigenvalue weighted by Gasteiger charge is 2.29. The molecule has 4 heteroatoms. The summed E-state index contributed by atoms with van der Waals surface area (Å²) in [5, 5.41) is 8.74. The van der Waals surface area contributed by atoms with Gasteiger partial charge in [-0.3, -0.25) is 9.59 Å². The first-order chi connectivity index (χ1) is 13.4. The lowest BCUT2D eigenvalue weighted by Crippen LogP contribution is -2.30. The van der Waals surface area contributed by atoms with Crippen LogP contribution in [0.5, 0.6) is 0 Å². The van der Waals surface area contributed by atoms with Crippen molar-refractivity contribution in [2.45, 2.75) is 135 Å². The Bertz CT molecular complexity index is 393. The van der Waals surface area contributed by atoms with Crippen molar-refractivity contribution in [1.82, 2.24) is 0 Å². The number of hydrogen-bond donors (Lipinski definition) is 1. The third-order valence-corrected chi connectivity index (χ3v) is 6.89. The highest BCUT2D eigenvalue weighted by molar-refractivity contribution is 8.01. The van der Waals surface area contributed by atoms with Crippen LogP contribution in [-0.2, 0) is 9.59 Å². The molecule has 0 radical (unpaired) electrons. The molecule has 0 aliphatic rings. The molecule has 0 bridgehead atoms. The van der Waals surface area contributed by atoms with Gasteiger partial charge in [0, 0.05) is 0 Å². The van der Waals surface area contributed by atoms with Crippen LogP contribution in [0.15, 0.2) is 0 Å². The maximum absolute atomic E-state index is 11.9. The van der Waals surface area contributed by atoms with E-state index in [0.29, 0.717) is 0 Å². The first-order valence-electron chi connectivity index (χ1n) is 11.8. The highest BCUT2D eigenvalue weighted by Crippen LogP contribution is 2.28. The lowest BCUT2D eigenvalue weighted by Gasteiger charge is -2.21. The number of hydrogen-bond acceptors (Lipinski definition) is 3. The topological polar surface area (TPSA) is 54.4 Å². The number of carboxylic acid groups (broad SMARTS) is 1. The van der Waals surface area contributed by atoms with Gasteiger partial charge in [-0.15, -0.1) is 11.8 Å². The molecule has 0 saturated carbocycles. The molecule has 0 atom stereocenters. The molecule has 0 aromatic heterocycles. The third kappa shape index (κ3) is 17.6. The Morgan fingerprint density at radius 3 is 1.39 bits per heavy atom. The summed E-state index contributed by atoms with van der Waals surface area (Å²) < 4.78 is -0.575. The fourth-order valence-corrected chi connectivity index (χ4v) is 4.50. The van der Waals surface area contributed by atoms with Crippen molar-refractivity contribution in [3.8, 4) is 0 Å². The van der Waals surface area contributed by atoms with Crippen molar-refractivity contribution in [3.05, 3.63) is 0 Å². The Labute approximate surface area is 178 Å². The molecule has 166 valence electrons.